The van der Waals surface area contributed by atoms with Crippen LogP contribution in [0.5, 0.6) is 0 Å². The zero-order chi connectivity index (χ0) is 14.2. The van der Waals surface area contributed by atoms with Crippen molar-refractivity contribution in [3.63, 3.8) is 0 Å². The summed E-state index contributed by atoms with van der Waals surface area (Å²) in [6.07, 6.45) is 0.728. The van der Waals surface area contributed by atoms with Crippen molar-refractivity contribution in [2.45, 2.75) is 19.9 Å². The molecule has 1 aliphatic rings. The fourth-order valence-corrected chi connectivity index (χ4v) is 4.96. The van der Waals surface area contributed by atoms with Gasteiger partial charge in [0.2, 0.25) is 10.0 Å². The summed E-state index contributed by atoms with van der Waals surface area (Å²) in [5.74, 6) is 0.274. The summed E-state index contributed by atoms with van der Waals surface area (Å²) < 4.78 is 25.3. The second kappa shape index (κ2) is 5.27. The maximum atomic E-state index is 11.9. The van der Waals surface area contributed by atoms with Gasteiger partial charge in [0.05, 0.1) is 11.4 Å². The highest BCUT2D eigenvalue weighted by Crippen LogP contribution is 2.30. The molecule has 0 N–H and O–H groups in total. The Morgan fingerprint density at radius 3 is 2.70 bits per heavy atom. The monoisotopic (exact) mass is 308 g/mol. The molecule has 4 nitrogen and oxygen atoms in total. The molecule has 0 saturated carbocycles. The van der Waals surface area contributed by atoms with Gasteiger partial charge in [0.15, 0.2) is 0 Å². The van der Waals surface area contributed by atoms with Crippen LogP contribution in [0.1, 0.15) is 17.0 Å². The lowest BCUT2D eigenvalue weighted by Crippen LogP contribution is -2.24. The summed E-state index contributed by atoms with van der Waals surface area (Å²) in [7, 11) is -3.05. The van der Waals surface area contributed by atoms with Crippen LogP contribution in [-0.4, -0.2) is 30.0 Å². The van der Waals surface area contributed by atoms with Crippen LogP contribution in [0.15, 0.2) is 30.3 Å². The molecule has 2 heterocycles. The standard InChI is InChI=1S/C14H16N2O2S2/c1-11-13(10-16-8-5-9-20(16,17)18)19-14(15-11)12-6-3-2-4-7-12/h2-4,6-7H,5,8-10H2,1H3. The number of hydrogen-bond acceptors (Lipinski definition) is 4. The van der Waals surface area contributed by atoms with Gasteiger partial charge in [-0.15, -0.1) is 11.3 Å². The molecule has 0 amide bonds. The number of rotatable bonds is 3. The Balaban J connectivity index is 1.87. The number of sulfonamides is 1. The van der Waals surface area contributed by atoms with E-state index in [0.717, 1.165) is 27.6 Å². The van der Waals surface area contributed by atoms with Crippen LogP contribution in [0.25, 0.3) is 10.6 Å². The van der Waals surface area contributed by atoms with Crippen LogP contribution in [0.4, 0.5) is 0 Å². The van der Waals surface area contributed by atoms with Crippen molar-refractivity contribution < 1.29 is 8.42 Å². The fourth-order valence-electron chi connectivity index (χ4n) is 2.31. The zero-order valence-electron chi connectivity index (χ0n) is 11.2. The molecule has 20 heavy (non-hydrogen) atoms. The average molecular weight is 308 g/mol. The summed E-state index contributed by atoms with van der Waals surface area (Å²) in [6.45, 7) is 3.03. The minimum Gasteiger partial charge on any atom is -0.241 e. The maximum Gasteiger partial charge on any atom is 0.214 e. The first-order valence-electron chi connectivity index (χ1n) is 6.56. The smallest absolute Gasteiger partial charge is 0.214 e. The highest BCUT2D eigenvalue weighted by atomic mass is 32.2. The molecule has 1 aliphatic heterocycles. The van der Waals surface area contributed by atoms with Gasteiger partial charge in [-0.1, -0.05) is 30.3 Å². The van der Waals surface area contributed by atoms with Crippen molar-refractivity contribution >= 4 is 21.4 Å². The lowest BCUT2D eigenvalue weighted by atomic mass is 10.2. The zero-order valence-corrected chi connectivity index (χ0v) is 12.9. The summed E-state index contributed by atoms with van der Waals surface area (Å²) in [4.78, 5) is 5.60. The summed E-state index contributed by atoms with van der Waals surface area (Å²) in [5, 5.41) is 0.953. The van der Waals surface area contributed by atoms with Crippen LogP contribution >= 0.6 is 11.3 Å². The molecule has 0 aliphatic carbocycles. The van der Waals surface area contributed by atoms with Crippen LogP contribution in [0.3, 0.4) is 0 Å². The molecule has 6 heteroatoms. The third-order valence-electron chi connectivity index (χ3n) is 3.44. The van der Waals surface area contributed by atoms with Gasteiger partial charge in [0, 0.05) is 23.5 Å². The van der Waals surface area contributed by atoms with Crippen molar-refractivity contribution in [3.05, 3.63) is 40.9 Å². The average Bonchev–Trinajstić information content (AvgIpc) is 2.95. The number of aromatic nitrogens is 1. The Morgan fingerprint density at radius 1 is 1.30 bits per heavy atom. The normalized spacial score (nSPS) is 18.4. The SMILES string of the molecule is Cc1nc(-c2ccccc2)sc1CN1CCCS1(=O)=O. The van der Waals surface area contributed by atoms with E-state index in [1.165, 1.54) is 0 Å². The van der Waals surface area contributed by atoms with Crippen LogP contribution in [-0.2, 0) is 16.6 Å². The van der Waals surface area contributed by atoms with Crippen LogP contribution < -0.4 is 0 Å². The Morgan fingerprint density at radius 2 is 2.05 bits per heavy atom. The van der Waals surface area contributed by atoms with E-state index in [1.807, 2.05) is 37.3 Å². The van der Waals surface area contributed by atoms with Gasteiger partial charge in [-0.2, -0.15) is 4.31 Å². The number of nitrogens with zero attached hydrogens (tertiary/aromatic N) is 2. The Bertz CT molecular complexity index is 708. The van der Waals surface area contributed by atoms with Gasteiger partial charge in [0.1, 0.15) is 5.01 Å². The molecular weight excluding hydrogens is 292 g/mol. The summed E-state index contributed by atoms with van der Waals surface area (Å²) in [5.41, 5.74) is 2.01. The lowest BCUT2D eigenvalue weighted by Gasteiger charge is -2.12. The molecule has 0 atom stereocenters. The molecule has 0 spiro atoms. The van der Waals surface area contributed by atoms with E-state index in [9.17, 15) is 8.42 Å². The summed E-state index contributed by atoms with van der Waals surface area (Å²) >= 11 is 1.58. The van der Waals surface area contributed by atoms with E-state index < -0.39 is 10.0 Å². The van der Waals surface area contributed by atoms with Crippen molar-refractivity contribution in [2.24, 2.45) is 0 Å². The number of hydrogen-bond donors (Lipinski definition) is 0. The predicted molar refractivity (Wildman–Crippen MR) is 81.1 cm³/mol. The Kier molecular flexibility index (Phi) is 3.62. The number of thiazole rings is 1. The van der Waals surface area contributed by atoms with Crippen molar-refractivity contribution in [1.29, 1.82) is 0 Å². The molecule has 2 aromatic rings. The molecule has 0 bridgehead atoms. The maximum absolute atomic E-state index is 11.9. The minimum absolute atomic E-state index is 0.274. The van der Waals surface area contributed by atoms with Gasteiger partial charge in [0.25, 0.3) is 0 Å². The largest absolute Gasteiger partial charge is 0.241 e. The molecule has 106 valence electrons. The third kappa shape index (κ3) is 2.63. The highest BCUT2D eigenvalue weighted by Gasteiger charge is 2.29. The van der Waals surface area contributed by atoms with Gasteiger partial charge < -0.3 is 0 Å². The first-order chi connectivity index (χ1) is 9.56. The minimum atomic E-state index is -3.05. The molecule has 1 fully saturated rings. The molecule has 1 saturated heterocycles. The van der Waals surface area contributed by atoms with E-state index in [4.69, 9.17) is 0 Å². The fraction of sp³-hybridized carbons (Fsp3) is 0.357. The van der Waals surface area contributed by atoms with E-state index in [2.05, 4.69) is 4.98 Å². The first-order valence-corrected chi connectivity index (χ1v) is 8.98. The van der Waals surface area contributed by atoms with E-state index in [1.54, 1.807) is 15.6 Å². The van der Waals surface area contributed by atoms with Crippen molar-refractivity contribution in [1.82, 2.24) is 9.29 Å². The van der Waals surface area contributed by atoms with Gasteiger partial charge in [-0.05, 0) is 13.3 Å². The quantitative estimate of drug-likeness (QED) is 0.876. The first kappa shape index (κ1) is 13.7. The second-order valence-electron chi connectivity index (χ2n) is 4.90. The molecule has 1 aromatic carbocycles. The van der Waals surface area contributed by atoms with Crippen LogP contribution in [0.2, 0.25) is 0 Å². The van der Waals surface area contributed by atoms with Gasteiger partial charge in [-0.3, -0.25) is 0 Å². The molecular formula is C14H16N2O2S2. The van der Waals surface area contributed by atoms with E-state index in [-0.39, 0.29) is 5.75 Å². The van der Waals surface area contributed by atoms with Crippen molar-refractivity contribution in [3.8, 4) is 10.6 Å². The van der Waals surface area contributed by atoms with Crippen molar-refractivity contribution in [2.75, 3.05) is 12.3 Å². The number of aryl methyl sites for hydroxylation is 1. The van der Waals surface area contributed by atoms with Gasteiger partial charge >= 0.3 is 0 Å². The van der Waals surface area contributed by atoms with Gasteiger partial charge in [-0.25, -0.2) is 13.4 Å². The Hall–Kier alpha value is -1.24. The molecule has 1 aromatic heterocycles. The Labute approximate surface area is 123 Å². The third-order valence-corrected chi connectivity index (χ3v) is 6.53. The second-order valence-corrected chi connectivity index (χ2v) is 8.07. The number of benzene rings is 1. The van der Waals surface area contributed by atoms with E-state index >= 15 is 0 Å². The summed E-state index contributed by atoms with van der Waals surface area (Å²) in [6, 6.07) is 9.98. The van der Waals surface area contributed by atoms with E-state index in [0.29, 0.717) is 13.1 Å². The topological polar surface area (TPSA) is 50.3 Å². The predicted octanol–water partition coefficient (Wildman–Crippen LogP) is 2.65. The lowest BCUT2D eigenvalue weighted by molar-refractivity contribution is 0.442. The molecule has 0 unspecified atom stereocenters. The highest BCUT2D eigenvalue weighted by molar-refractivity contribution is 7.89. The molecule has 0 radical (unpaired) electrons. The van der Waals surface area contributed by atoms with Crippen LogP contribution in [0, 0.1) is 6.92 Å². The molecule has 3 rings (SSSR count).